The molecule has 4 aromatic rings. The van der Waals surface area contributed by atoms with E-state index in [2.05, 4.69) is 0 Å². The molecule has 3 aromatic carbocycles. The van der Waals surface area contributed by atoms with Crippen LogP contribution >= 0.6 is 0 Å². The number of nitrogens with zero attached hydrogens (tertiary/aromatic N) is 1. The summed E-state index contributed by atoms with van der Waals surface area (Å²) in [5, 5.41) is 11.6. The molecule has 1 aromatic heterocycles. The van der Waals surface area contributed by atoms with Crippen LogP contribution in [0.3, 0.4) is 0 Å². The van der Waals surface area contributed by atoms with E-state index < -0.39 is 11.8 Å². The van der Waals surface area contributed by atoms with Crippen molar-refractivity contribution < 1.29 is 18.3 Å². The second kappa shape index (κ2) is 6.74. The average Bonchev–Trinajstić information content (AvgIpc) is 2.70. The Labute approximate surface area is 164 Å². The average molecular weight is 397 g/mol. The van der Waals surface area contributed by atoms with Gasteiger partial charge in [0.2, 0.25) is 0 Å². The molecule has 29 heavy (non-hydrogen) atoms. The minimum absolute atomic E-state index is 0.215. The molecule has 4 rings (SSSR count). The van der Waals surface area contributed by atoms with Gasteiger partial charge in [0.25, 0.3) is 5.56 Å². The van der Waals surface area contributed by atoms with Crippen LogP contribution in [-0.4, -0.2) is 15.8 Å². The lowest BCUT2D eigenvalue weighted by atomic mass is 9.92. The first-order valence-corrected chi connectivity index (χ1v) is 9.09. The SMILES string of the molecule is CC(O)(c1ccc2c(c1)c1ccccc1c(=O)n2Cc1ccccc1)C(F)(F)F. The van der Waals surface area contributed by atoms with E-state index in [-0.39, 0.29) is 17.7 Å². The molecule has 0 radical (unpaired) electrons. The first kappa shape index (κ1) is 19.2. The summed E-state index contributed by atoms with van der Waals surface area (Å²) in [5.41, 5.74) is -2.07. The van der Waals surface area contributed by atoms with E-state index in [4.69, 9.17) is 0 Å². The van der Waals surface area contributed by atoms with Gasteiger partial charge in [-0.3, -0.25) is 4.79 Å². The van der Waals surface area contributed by atoms with Gasteiger partial charge in [0, 0.05) is 10.8 Å². The number of alkyl halides is 3. The highest BCUT2D eigenvalue weighted by atomic mass is 19.4. The van der Waals surface area contributed by atoms with Crippen molar-refractivity contribution in [2.75, 3.05) is 0 Å². The second-order valence-electron chi connectivity index (χ2n) is 7.22. The maximum atomic E-state index is 13.4. The van der Waals surface area contributed by atoms with Crippen molar-refractivity contribution in [3.8, 4) is 0 Å². The Morgan fingerprint density at radius 1 is 0.862 bits per heavy atom. The van der Waals surface area contributed by atoms with Crippen molar-refractivity contribution in [1.29, 1.82) is 0 Å². The van der Waals surface area contributed by atoms with Gasteiger partial charge in [-0.1, -0.05) is 54.6 Å². The number of fused-ring (bicyclic) bond motifs is 3. The zero-order valence-corrected chi connectivity index (χ0v) is 15.6. The number of aliphatic hydroxyl groups is 1. The second-order valence-corrected chi connectivity index (χ2v) is 7.22. The lowest BCUT2D eigenvalue weighted by molar-refractivity contribution is -0.258. The number of hydrogen-bond acceptors (Lipinski definition) is 2. The Morgan fingerprint density at radius 2 is 1.48 bits per heavy atom. The van der Waals surface area contributed by atoms with Crippen LogP contribution in [0.1, 0.15) is 18.1 Å². The summed E-state index contributed by atoms with van der Waals surface area (Å²) in [7, 11) is 0. The third-order valence-corrected chi connectivity index (χ3v) is 5.28. The van der Waals surface area contributed by atoms with E-state index in [9.17, 15) is 23.1 Å². The summed E-state index contributed by atoms with van der Waals surface area (Å²) < 4.78 is 41.6. The highest BCUT2D eigenvalue weighted by molar-refractivity contribution is 6.05. The number of halogens is 3. The van der Waals surface area contributed by atoms with Crippen LogP contribution in [0.25, 0.3) is 21.7 Å². The zero-order valence-electron chi connectivity index (χ0n) is 15.6. The maximum Gasteiger partial charge on any atom is 0.421 e. The van der Waals surface area contributed by atoms with Gasteiger partial charge in [0.1, 0.15) is 0 Å². The van der Waals surface area contributed by atoms with E-state index in [1.54, 1.807) is 28.8 Å². The van der Waals surface area contributed by atoms with Gasteiger partial charge in [-0.2, -0.15) is 13.2 Å². The minimum Gasteiger partial charge on any atom is -0.376 e. The van der Waals surface area contributed by atoms with E-state index in [0.717, 1.165) is 12.5 Å². The molecule has 0 spiro atoms. The molecule has 1 unspecified atom stereocenters. The van der Waals surface area contributed by atoms with Crippen molar-refractivity contribution in [3.05, 3.63) is 94.3 Å². The maximum absolute atomic E-state index is 13.4. The Bertz CT molecular complexity index is 1260. The van der Waals surface area contributed by atoms with Crippen molar-refractivity contribution in [2.24, 2.45) is 0 Å². The van der Waals surface area contributed by atoms with Crippen LogP contribution in [0, 0.1) is 0 Å². The van der Waals surface area contributed by atoms with Crippen LogP contribution in [-0.2, 0) is 12.1 Å². The van der Waals surface area contributed by atoms with Gasteiger partial charge in [0.05, 0.1) is 12.1 Å². The largest absolute Gasteiger partial charge is 0.421 e. The molecule has 0 fully saturated rings. The van der Waals surface area contributed by atoms with E-state index in [1.807, 2.05) is 30.3 Å². The number of rotatable bonds is 3. The fraction of sp³-hybridized carbons (Fsp3) is 0.174. The van der Waals surface area contributed by atoms with E-state index in [0.29, 0.717) is 21.7 Å². The van der Waals surface area contributed by atoms with Crippen LogP contribution < -0.4 is 5.56 Å². The summed E-state index contributed by atoms with van der Waals surface area (Å²) >= 11 is 0. The van der Waals surface area contributed by atoms with E-state index >= 15 is 0 Å². The van der Waals surface area contributed by atoms with Gasteiger partial charge >= 0.3 is 6.18 Å². The number of aromatic nitrogens is 1. The van der Waals surface area contributed by atoms with Gasteiger partial charge in [-0.05, 0) is 41.6 Å². The van der Waals surface area contributed by atoms with Crippen molar-refractivity contribution in [1.82, 2.24) is 4.57 Å². The minimum atomic E-state index is -4.82. The molecule has 1 N–H and O–H groups in total. The Hall–Kier alpha value is -3.12. The van der Waals surface area contributed by atoms with Crippen LogP contribution in [0.15, 0.2) is 77.6 Å². The first-order chi connectivity index (χ1) is 13.7. The summed E-state index contributed by atoms with van der Waals surface area (Å²) in [6.45, 7) is 1.02. The highest BCUT2D eigenvalue weighted by Crippen LogP contribution is 2.40. The topological polar surface area (TPSA) is 42.2 Å². The summed E-state index contributed by atoms with van der Waals surface area (Å²) in [5.74, 6) is 0. The fourth-order valence-corrected chi connectivity index (χ4v) is 3.54. The Kier molecular flexibility index (Phi) is 4.46. The molecule has 0 bridgehead atoms. The lowest BCUT2D eigenvalue weighted by Crippen LogP contribution is -2.39. The number of benzene rings is 3. The molecule has 0 aliphatic heterocycles. The van der Waals surface area contributed by atoms with Crippen molar-refractivity contribution >= 4 is 21.7 Å². The third kappa shape index (κ3) is 3.19. The predicted octanol–water partition coefficient (Wildman–Crippen LogP) is 4.97. The van der Waals surface area contributed by atoms with Gasteiger partial charge in [-0.15, -0.1) is 0 Å². The summed E-state index contributed by atoms with van der Waals surface area (Å²) in [6, 6.07) is 20.2. The molecular weight excluding hydrogens is 379 g/mol. The van der Waals surface area contributed by atoms with E-state index in [1.165, 1.54) is 18.2 Å². The van der Waals surface area contributed by atoms with Gasteiger partial charge < -0.3 is 9.67 Å². The molecule has 1 atom stereocenters. The number of hydrogen-bond donors (Lipinski definition) is 1. The summed E-state index contributed by atoms with van der Waals surface area (Å²) in [4.78, 5) is 13.1. The lowest BCUT2D eigenvalue weighted by Gasteiger charge is -2.27. The molecule has 1 heterocycles. The predicted molar refractivity (Wildman–Crippen MR) is 107 cm³/mol. The van der Waals surface area contributed by atoms with Crippen LogP contribution in [0.5, 0.6) is 0 Å². The van der Waals surface area contributed by atoms with Crippen molar-refractivity contribution in [2.45, 2.75) is 25.2 Å². The molecule has 0 saturated carbocycles. The molecular formula is C23H18F3NO2. The van der Waals surface area contributed by atoms with Crippen LogP contribution in [0.2, 0.25) is 0 Å². The molecule has 148 valence electrons. The monoisotopic (exact) mass is 397 g/mol. The standard InChI is InChI=1S/C23H18F3NO2/c1-22(29,23(24,25)26)16-11-12-20-19(13-16)17-9-5-6-10-18(17)21(28)27(20)14-15-7-3-2-4-8-15/h2-13,29H,14H2,1H3. The quantitative estimate of drug-likeness (QED) is 0.496. The third-order valence-electron chi connectivity index (χ3n) is 5.28. The molecule has 6 heteroatoms. The number of pyridine rings is 1. The first-order valence-electron chi connectivity index (χ1n) is 9.09. The molecule has 0 amide bonds. The molecule has 0 saturated heterocycles. The molecule has 3 nitrogen and oxygen atoms in total. The van der Waals surface area contributed by atoms with Gasteiger partial charge in [-0.25, -0.2) is 0 Å². The molecule has 0 aliphatic rings. The fourth-order valence-electron chi connectivity index (χ4n) is 3.54. The Morgan fingerprint density at radius 3 is 2.14 bits per heavy atom. The summed E-state index contributed by atoms with van der Waals surface area (Å²) in [6.07, 6.45) is -4.82. The normalized spacial score (nSPS) is 14.2. The van der Waals surface area contributed by atoms with Crippen LogP contribution in [0.4, 0.5) is 13.2 Å². The highest BCUT2D eigenvalue weighted by Gasteiger charge is 2.51. The smallest absolute Gasteiger partial charge is 0.376 e. The zero-order chi connectivity index (χ0) is 20.8. The van der Waals surface area contributed by atoms with Crippen molar-refractivity contribution in [3.63, 3.8) is 0 Å². The Balaban J connectivity index is 2.03. The molecule has 0 aliphatic carbocycles. The van der Waals surface area contributed by atoms with Gasteiger partial charge in [0.15, 0.2) is 5.60 Å².